The van der Waals surface area contributed by atoms with E-state index in [4.69, 9.17) is 16.3 Å². The number of rotatable bonds is 3. The van der Waals surface area contributed by atoms with E-state index in [0.717, 1.165) is 34.2 Å². The van der Waals surface area contributed by atoms with Gasteiger partial charge in [-0.3, -0.25) is 4.79 Å². The molecule has 4 nitrogen and oxygen atoms in total. The third kappa shape index (κ3) is 3.17. The molecule has 1 amide bonds. The lowest BCUT2D eigenvalue weighted by atomic mass is 10.0. The van der Waals surface area contributed by atoms with Crippen LogP contribution >= 0.6 is 11.6 Å². The molecule has 0 saturated heterocycles. The first-order valence-corrected chi connectivity index (χ1v) is 9.16. The van der Waals surface area contributed by atoms with Crippen LogP contribution in [0.25, 0.3) is 10.9 Å². The molecule has 1 aliphatic heterocycles. The minimum absolute atomic E-state index is 0.00648. The van der Waals surface area contributed by atoms with E-state index in [9.17, 15) is 4.79 Å². The Hall–Kier alpha value is -2.46. The SMILES string of the molecule is Cc1ccc(OCC(=O)N2CCc3[nH]c4ccc(Cl)cc4c3C2)c(C)c1. The molecule has 0 atom stereocenters. The number of ether oxygens (including phenoxy) is 1. The summed E-state index contributed by atoms with van der Waals surface area (Å²) in [6.07, 6.45) is 0.816. The van der Waals surface area contributed by atoms with E-state index in [1.54, 1.807) is 0 Å². The molecule has 2 heterocycles. The van der Waals surface area contributed by atoms with Gasteiger partial charge >= 0.3 is 0 Å². The zero-order valence-corrected chi connectivity index (χ0v) is 15.7. The predicted octanol–water partition coefficient (Wildman–Crippen LogP) is 4.40. The first-order chi connectivity index (χ1) is 12.5. The highest BCUT2D eigenvalue weighted by atomic mass is 35.5. The molecule has 1 N–H and O–H groups in total. The largest absolute Gasteiger partial charge is 0.484 e. The van der Waals surface area contributed by atoms with Gasteiger partial charge in [0.25, 0.3) is 5.91 Å². The molecule has 4 rings (SSSR count). The Morgan fingerprint density at radius 1 is 1.23 bits per heavy atom. The van der Waals surface area contributed by atoms with Crippen LogP contribution < -0.4 is 4.74 Å². The lowest BCUT2D eigenvalue weighted by Gasteiger charge is -2.27. The van der Waals surface area contributed by atoms with Crippen LogP contribution in [-0.2, 0) is 17.8 Å². The number of nitrogens with one attached hydrogen (secondary N) is 1. The summed E-state index contributed by atoms with van der Waals surface area (Å²) in [4.78, 5) is 18.0. The molecule has 2 aromatic carbocycles. The molecular formula is C21H21ClN2O2. The van der Waals surface area contributed by atoms with Crippen molar-refractivity contribution in [2.75, 3.05) is 13.2 Å². The maximum absolute atomic E-state index is 12.6. The molecule has 1 aliphatic rings. The van der Waals surface area contributed by atoms with Crippen molar-refractivity contribution in [1.82, 2.24) is 9.88 Å². The second kappa shape index (κ2) is 6.69. The van der Waals surface area contributed by atoms with Gasteiger partial charge in [0, 0.05) is 46.7 Å². The van der Waals surface area contributed by atoms with Crippen LogP contribution in [0.5, 0.6) is 5.75 Å². The first kappa shape index (κ1) is 17.0. The van der Waals surface area contributed by atoms with E-state index >= 15 is 0 Å². The lowest BCUT2D eigenvalue weighted by Crippen LogP contribution is -2.38. The monoisotopic (exact) mass is 368 g/mol. The average Bonchev–Trinajstić information content (AvgIpc) is 2.98. The van der Waals surface area contributed by atoms with Crippen LogP contribution in [0.1, 0.15) is 22.4 Å². The summed E-state index contributed by atoms with van der Waals surface area (Å²) in [5, 5.41) is 1.81. The van der Waals surface area contributed by atoms with Gasteiger partial charge in [-0.05, 0) is 43.7 Å². The van der Waals surface area contributed by atoms with Crippen LogP contribution in [0, 0.1) is 13.8 Å². The smallest absolute Gasteiger partial charge is 0.260 e. The fraction of sp³-hybridized carbons (Fsp3) is 0.286. The number of amides is 1. The second-order valence-electron chi connectivity index (χ2n) is 6.89. The number of nitrogens with zero attached hydrogens (tertiary/aromatic N) is 1. The Morgan fingerprint density at radius 3 is 2.88 bits per heavy atom. The topological polar surface area (TPSA) is 45.3 Å². The van der Waals surface area contributed by atoms with Crippen LogP contribution in [0.3, 0.4) is 0 Å². The van der Waals surface area contributed by atoms with E-state index in [0.29, 0.717) is 18.1 Å². The number of aryl methyl sites for hydroxylation is 2. The third-order valence-corrected chi connectivity index (χ3v) is 5.21. The van der Waals surface area contributed by atoms with Crippen molar-refractivity contribution in [3.63, 3.8) is 0 Å². The molecule has 26 heavy (non-hydrogen) atoms. The van der Waals surface area contributed by atoms with Crippen LogP contribution in [-0.4, -0.2) is 28.9 Å². The van der Waals surface area contributed by atoms with E-state index in [1.165, 1.54) is 11.3 Å². The molecule has 134 valence electrons. The van der Waals surface area contributed by atoms with Crippen LogP contribution in [0.15, 0.2) is 36.4 Å². The quantitative estimate of drug-likeness (QED) is 0.744. The van der Waals surface area contributed by atoms with Crippen molar-refractivity contribution in [1.29, 1.82) is 0 Å². The Labute approximate surface area is 157 Å². The van der Waals surface area contributed by atoms with Crippen molar-refractivity contribution < 1.29 is 9.53 Å². The van der Waals surface area contributed by atoms with E-state index in [2.05, 4.69) is 11.1 Å². The number of aromatic nitrogens is 1. The van der Waals surface area contributed by atoms with Crippen LogP contribution in [0.4, 0.5) is 0 Å². The fourth-order valence-electron chi connectivity index (χ4n) is 3.59. The van der Waals surface area contributed by atoms with Gasteiger partial charge in [0.15, 0.2) is 6.61 Å². The number of benzene rings is 2. The number of hydrogen-bond donors (Lipinski definition) is 1. The Kier molecular flexibility index (Phi) is 4.37. The second-order valence-corrected chi connectivity index (χ2v) is 7.33. The molecule has 1 aromatic heterocycles. The molecular weight excluding hydrogens is 348 g/mol. The molecule has 0 bridgehead atoms. The van der Waals surface area contributed by atoms with Crippen LogP contribution in [0.2, 0.25) is 5.02 Å². The average molecular weight is 369 g/mol. The number of aromatic amines is 1. The van der Waals surface area contributed by atoms with E-state index in [-0.39, 0.29) is 12.5 Å². The number of H-pyrrole nitrogens is 1. The van der Waals surface area contributed by atoms with Crippen molar-refractivity contribution in [2.24, 2.45) is 0 Å². The van der Waals surface area contributed by atoms with Gasteiger partial charge < -0.3 is 14.6 Å². The van der Waals surface area contributed by atoms with Crippen molar-refractivity contribution in [2.45, 2.75) is 26.8 Å². The minimum atomic E-state index is 0.00648. The highest BCUT2D eigenvalue weighted by molar-refractivity contribution is 6.31. The Bertz CT molecular complexity index is 993. The van der Waals surface area contributed by atoms with Gasteiger partial charge in [-0.15, -0.1) is 0 Å². The highest BCUT2D eigenvalue weighted by Crippen LogP contribution is 2.30. The maximum atomic E-state index is 12.6. The number of hydrogen-bond acceptors (Lipinski definition) is 2. The molecule has 0 spiro atoms. The zero-order valence-electron chi connectivity index (χ0n) is 14.9. The van der Waals surface area contributed by atoms with Gasteiger partial charge in [-0.2, -0.15) is 0 Å². The summed E-state index contributed by atoms with van der Waals surface area (Å²) in [6.45, 7) is 5.38. The first-order valence-electron chi connectivity index (χ1n) is 8.78. The number of fused-ring (bicyclic) bond motifs is 3. The van der Waals surface area contributed by atoms with Crippen molar-refractivity contribution in [3.8, 4) is 5.75 Å². The Balaban J connectivity index is 1.48. The van der Waals surface area contributed by atoms with Gasteiger partial charge in [-0.25, -0.2) is 0 Å². The number of carbonyl (C=O) groups excluding carboxylic acids is 1. The standard InChI is InChI=1S/C21H21ClN2O2/c1-13-3-6-20(14(2)9-13)26-12-21(25)24-8-7-19-17(11-24)16-10-15(22)4-5-18(16)23-19/h3-6,9-10,23H,7-8,11-12H2,1-2H3. The maximum Gasteiger partial charge on any atom is 0.260 e. The predicted molar refractivity (Wildman–Crippen MR) is 104 cm³/mol. The molecule has 0 saturated carbocycles. The fourth-order valence-corrected chi connectivity index (χ4v) is 3.76. The lowest BCUT2D eigenvalue weighted by molar-refractivity contribution is -0.134. The highest BCUT2D eigenvalue weighted by Gasteiger charge is 2.24. The normalized spacial score (nSPS) is 13.7. The molecule has 0 unspecified atom stereocenters. The number of halogens is 1. The summed E-state index contributed by atoms with van der Waals surface area (Å²) in [5.41, 5.74) is 5.66. The molecule has 3 aromatic rings. The molecule has 0 fully saturated rings. The zero-order chi connectivity index (χ0) is 18.3. The summed E-state index contributed by atoms with van der Waals surface area (Å²) < 4.78 is 5.76. The van der Waals surface area contributed by atoms with E-state index < -0.39 is 0 Å². The molecule has 5 heteroatoms. The number of carbonyl (C=O) groups is 1. The molecule has 0 radical (unpaired) electrons. The third-order valence-electron chi connectivity index (χ3n) is 4.97. The molecule has 0 aliphatic carbocycles. The summed E-state index contributed by atoms with van der Waals surface area (Å²) in [7, 11) is 0. The van der Waals surface area contributed by atoms with Crippen molar-refractivity contribution >= 4 is 28.4 Å². The summed E-state index contributed by atoms with van der Waals surface area (Å²) in [5.74, 6) is 0.771. The van der Waals surface area contributed by atoms with Gasteiger partial charge in [0.1, 0.15) is 5.75 Å². The minimum Gasteiger partial charge on any atom is -0.484 e. The van der Waals surface area contributed by atoms with Gasteiger partial charge in [0.05, 0.1) is 0 Å². The summed E-state index contributed by atoms with van der Waals surface area (Å²) in [6, 6.07) is 11.8. The Morgan fingerprint density at radius 2 is 2.08 bits per heavy atom. The van der Waals surface area contributed by atoms with E-state index in [1.807, 2.05) is 49.1 Å². The van der Waals surface area contributed by atoms with Gasteiger partial charge in [-0.1, -0.05) is 29.3 Å². The van der Waals surface area contributed by atoms with Gasteiger partial charge in [0.2, 0.25) is 0 Å². The van der Waals surface area contributed by atoms with Crippen molar-refractivity contribution in [3.05, 3.63) is 63.8 Å². The summed E-state index contributed by atoms with van der Waals surface area (Å²) >= 11 is 6.15.